The largest absolute Gasteiger partial charge is 0.493 e. The number of carboxylic acids is 1. The van der Waals surface area contributed by atoms with Crippen LogP contribution in [0.4, 0.5) is 10.1 Å². The van der Waals surface area contributed by atoms with E-state index in [1.807, 2.05) is 26.0 Å². The van der Waals surface area contributed by atoms with Gasteiger partial charge in [0.05, 0.1) is 24.3 Å². The van der Waals surface area contributed by atoms with E-state index in [2.05, 4.69) is 21.9 Å². The number of hydrogen-bond donors (Lipinski definition) is 1. The average molecular weight is 533 g/mol. The lowest BCUT2D eigenvalue weighted by molar-refractivity contribution is 0.0697. The Morgan fingerprint density at radius 1 is 0.897 bits per heavy atom. The summed E-state index contributed by atoms with van der Waals surface area (Å²) in [7, 11) is 0. The van der Waals surface area contributed by atoms with Crippen molar-refractivity contribution in [2.45, 2.75) is 33.2 Å². The lowest BCUT2D eigenvalue weighted by Crippen LogP contribution is -2.52. The molecule has 0 aromatic heterocycles. The van der Waals surface area contributed by atoms with Gasteiger partial charge in [0.25, 0.3) is 0 Å². The normalized spacial score (nSPS) is 16.6. The van der Waals surface area contributed by atoms with Crippen molar-refractivity contribution in [1.29, 1.82) is 0 Å². The molecule has 7 heteroatoms. The first-order valence-electron chi connectivity index (χ1n) is 13.9. The van der Waals surface area contributed by atoms with Gasteiger partial charge in [0.1, 0.15) is 17.3 Å². The number of hydrogen-bond acceptors (Lipinski definition) is 5. The lowest BCUT2D eigenvalue weighted by atomic mass is 9.79. The fourth-order valence-corrected chi connectivity index (χ4v) is 5.85. The maximum absolute atomic E-state index is 13.6. The van der Waals surface area contributed by atoms with E-state index in [1.54, 1.807) is 24.3 Å². The van der Waals surface area contributed by atoms with Gasteiger partial charge in [-0.1, -0.05) is 12.1 Å². The number of nitrogens with zero attached hydrogens (tertiary/aromatic N) is 2. The Morgan fingerprint density at radius 2 is 1.49 bits per heavy atom. The summed E-state index contributed by atoms with van der Waals surface area (Å²) in [6.07, 6.45) is 2.36. The van der Waals surface area contributed by atoms with Crippen molar-refractivity contribution in [3.63, 3.8) is 0 Å². The maximum atomic E-state index is 13.6. The minimum absolute atomic E-state index is 0.265. The summed E-state index contributed by atoms with van der Waals surface area (Å²) in [5.41, 5.74) is 4.34. The topological polar surface area (TPSA) is 62.2 Å². The third-order valence-corrected chi connectivity index (χ3v) is 7.95. The van der Waals surface area contributed by atoms with Crippen LogP contribution in [0.25, 0.3) is 11.1 Å². The van der Waals surface area contributed by atoms with Gasteiger partial charge in [0, 0.05) is 25.3 Å². The van der Waals surface area contributed by atoms with Crippen molar-refractivity contribution in [1.82, 2.24) is 4.90 Å². The molecule has 2 aliphatic heterocycles. The lowest BCUT2D eigenvalue weighted by Gasteiger charge is -2.47. The average Bonchev–Trinajstić information content (AvgIpc) is 2.90. The first-order chi connectivity index (χ1) is 18.9. The van der Waals surface area contributed by atoms with Gasteiger partial charge in [0.15, 0.2) is 0 Å². The van der Waals surface area contributed by atoms with Crippen molar-refractivity contribution in [2.75, 3.05) is 44.3 Å². The van der Waals surface area contributed by atoms with Crippen LogP contribution in [-0.4, -0.2) is 55.4 Å². The number of rotatable bonds is 10. The Kier molecular flexibility index (Phi) is 8.36. The Balaban J connectivity index is 1.20. The standard InChI is InChI=1S/C32H37FN2O4/c1-3-38-29-17-22(18-30(39-4-2)31(29)24-5-9-27(33)10-6-24)19-34-15-13-23(14-16-34)26-20-35(21-26)28-11-7-25(8-12-28)32(36)37/h5-12,17-18,23,26H,3-4,13-16,19-21H2,1-2H3,(H,36,37). The Hall–Kier alpha value is -3.58. The van der Waals surface area contributed by atoms with Crippen LogP contribution < -0.4 is 14.4 Å². The highest BCUT2D eigenvalue weighted by Gasteiger charge is 2.35. The number of carboxylic acid groups (broad SMARTS) is 1. The molecule has 0 spiro atoms. The molecule has 39 heavy (non-hydrogen) atoms. The second kappa shape index (κ2) is 12.1. The van der Waals surface area contributed by atoms with Gasteiger partial charge >= 0.3 is 5.97 Å². The fraction of sp³-hybridized carbons (Fsp3) is 0.406. The SMILES string of the molecule is CCOc1cc(CN2CCC(C3CN(c4ccc(C(=O)O)cc4)C3)CC2)cc(OCC)c1-c1ccc(F)cc1. The van der Waals surface area contributed by atoms with E-state index in [1.165, 1.54) is 25.0 Å². The Morgan fingerprint density at radius 3 is 2.03 bits per heavy atom. The van der Waals surface area contributed by atoms with Crippen molar-refractivity contribution in [3.8, 4) is 22.6 Å². The molecule has 0 unspecified atom stereocenters. The van der Waals surface area contributed by atoms with Crippen LogP contribution in [0.3, 0.4) is 0 Å². The molecule has 0 bridgehead atoms. The molecule has 0 atom stereocenters. The molecular weight excluding hydrogens is 495 g/mol. The minimum atomic E-state index is -0.887. The molecule has 0 aliphatic carbocycles. The molecule has 2 aliphatic rings. The predicted octanol–water partition coefficient (Wildman–Crippen LogP) is 6.34. The van der Waals surface area contributed by atoms with Crippen LogP contribution in [0.2, 0.25) is 0 Å². The van der Waals surface area contributed by atoms with Crippen LogP contribution >= 0.6 is 0 Å². The van der Waals surface area contributed by atoms with E-state index in [9.17, 15) is 9.18 Å². The van der Waals surface area contributed by atoms with Crippen molar-refractivity contribution in [3.05, 3.63) is 77.6 Å². The van der Waals surface area contributed by atoms with Crippen molar-refractivity contribution in [2.24, 2.45) is 11.8 Å². The zero-order valence-electron chi connectivity index (χ0n) is 22.7. The van der Waals surface area contributed by atoms with Crippen molar-refractivity contribution >= 4 is 11.7 Å². The number of benzene rings is 3. The summed E-state index contributed by atoms with van der Waals surface area (Å²) in [6.45, 7) is 10.0. The number of carbonyl (C=O) groups is 1. The fourth-order valence-electron chi connectivity index (χ4n) is 5.85. The summed E-state index contributed by atoms with van der Waals surface area (Å²) in [6, 6.07) is 17.9. The Labute approximate surface area is 230 Å². The van der Waals surface area contributed by atoms with E-state index in [4.69, 9.17) is 14.6 Å². The van der Waals surface area contributed by atoms with Crippen molar-refractivity contribution < 1.29 is 23.8 Å². The second-order valence-corrected chi connectivity index (χ2v) is 10.5. The van der Waals surface area contributed by atoms with Gasteiger partial charge < -0.3 is 19.5 Å². The number of ether oxygens (including phenoxy) is 2. The monoisotopic (exact) mass is 532 g/mol. The molecule has 0 amide bonds. The number of piperidine rings is 1. The maximum Gasteiger partial charge on any atom is 0.335 e. The number of anilines is 1. The van der Waals surface area contributed by atoms with Gasteiger partial charge in [-0.15, -0.1) is 0 Å². The van der Waals surface area contributed by atoms with Gasteiger partial charge in [-0.2, -0.15) is 0 Å². The van der Waals surface area contributed by atoms with E-state index >= 15 is 0 Å². The predicted molar refractivity (Wildman–Crippen MR) is 151 cm³/mol. The number of halogens is 1. The zero-order valence-corrected chi connectivity index (χ0v) is 22.7. The number of likely N-dealkylation sites (tertiary alicyclic amines) is 1. The van der Waals surface area contributed by atoms with Crippen LogP contribution in [-0.2, 0) is 6.54 Å². The second-order valence-electron chi connectivity index (χ2n) is 10.5. The zero-order chi connectivity index (χ0) is 27.4. The summed E-state index contributed by atoms with van der Waals surface area (Å²) >= 11 is 0. The molecule has 2 saturated heterocycles. The van der Waals surface area contributed by atoms with Crippen LogP contribution in [0.1, 0.15) is 42.6 Å². The summed E-state index contributed by atoms with van der Waals surface area (Å²) in [4.78, 5) is 16.0. The molecule has 3 aromatic carbocycles. The summed E-state index contributed by atoms with van der Waals surface area (Å²) in [5, 5.41) is 9.11. The van der Waals surface area contributed by atoms with Crippen LogP contribution in [0, 0.1) is 17.7 Å². The smallest absolute Gasteiger partial charge is 0.335 e. The molecule has 0 saturated carbocycles. The Bertz CT molecular complexity index is 1240. The molecule has 3 aromatic rings. The minimum Gasteiger partial charge on any atom is -0.493 e. The van der Waals surface area contributed by atoms with E-state index in [-0.39, 0.29) is 5.82 Å². The van der Waals surface area contributed by atoms with Crippen LogP contribution in [0.5, 0.6) is 11.5 Å². The third kappa shape index (κ3) is 6.19. The highest BCUT2D eigenvalue weighted by molar-refractivity contribution is 5.88. The van der Waals surface area contributed by atoms with Gasteiger partial charge in [-0.3, -0.25) is 4.90 Å². The molecule has 206 valence electrons. The summed E-state index contributed by atoms with van der Waals surface area (Å²) in [5.74, 6) is 1.79. The van der Waals surface area contributed by atoms with Crippen LogP contribution in [0.15, 0.2) is 60.7 Å². The molecule has 1 N–H and O–H groups in total. The molecule has 2 heterocycles. The highest BCUT2D eigenvalue weighted by Crippen LogP contribution is 2.41. The summed E-state index contributed by atoms with van der Waals surface area (Å²) < 4.78 is 25.7. The van der Waals surface area contributed by atoms with E-state index in [0.717, 1.165) is 72.5 Å². The number of aromatic carboxylic acids is 1. The first kappa shape index (κ1) is 27.0. The molecule has 5 rings (SSSR count). The van der Waals surface area contributed by atoms with Gasteiger partial charge in [0.2, 0.25) is 0 Å². The molecule has 2 fully saturated rings. The molecular formula is C32H37FN2O4. The van der Waals surface area contributed by atoms with Gasteiger partial charge in [-0.05, 0) is 111 Å². The first-order valence-corrected chi connectivity index (χ1v) is 13.9. The third-order valence-electron chi connectivity index (χ3n) is 7.95. The quantitative estimate of drug-likeness (QED) is 0.329. The highest BCUT2D eigenvalue weighted by atomic mass is 19.1. The molecule has 6 nitrogen and oxygen atoms in total. The van der Waals surface area contributed by atoms with E-state index < -0.39 is 5.97 Å². The van der Waals surface area contributed by atoms with Gasteiger partial charge in [-0.25, -0.2) is 9.18 Å². The molecule has 0 radical (unpaired) electrons. The van der Waals surface area contributed by atoms with E-state index in [0.29, 0.717) is 24.7 Å².